The molecule has 0 bridgehead atoms. The molecule has 134 valence electrons. The molecule has 0 saturated heterocycles. The molecule has 0 aliphatic rings. The van der Waals surface area contributed by atoms with E-state index >= 15 is 0 Å². The van der Waals surface area contributed by atoms with Crippen LogP contribution in [0.3, 0.4) is 0 Å². The molecule has 0 aromatic rings. The Hall–Kier alpha value is -0.220. The summed E-state index contributed by atoms with van der Waals surface area (Å²) in [5.74, 6) is -11.7. The lowest BCUT2D eigenvalue weighted by Gasteiger charge is -2.31. The van der Waals surface area contributed by atoms with Crippen molar-refractivity contribution in [2.75, 3.05) is 0 Å². The van der Waals surface area contributed by atoms with E-state index in [1.165, 1.54) is 0 Å². The van der Waals surface area contributed by atoms with E-state index in [-0.39, 0.29) is 6.42 Å². The van der Waals surface area contributed by atoms with E-state index in [4.69, 9.17) is 16.2 Å². The highest BCUT2D eigenvalue weighted by Gasteiger charge is 2.77. The smallest absolute Gasteiger partial charge is 0.281 e. The van der Waals surface area contributed by atoms with Crippen LogP contribution in [-0.2, 0) is 10.1 Å². The van der Waals surface area contributed by atoms with E-state index in [1.807, 2.05) is 6.92 Å². The molecular formula is C11H17ClF6O3S. The summed E-state index contributed by atoms with van der Waals surface area (Å²) in [6, 6.07) is 0. The van der Waals surface area contributed by atoms with Gasteiger partial charge in [-0.05, 0) is 6.42 Å². The predicted octanol–water partition coefficient (Wildman–Crippen LogP) is 4.71. The maximum Gasteiger partial charge on any atom is 0.437 e. The van der Waals surface area contributed by atoms with Crippen LogP contribution in [0.25, 0.3) is 0 Å². The zero-order chi connectivity index (χ0) is 17.8. The Kier molecular flexibility index (Phi) is 7.49. The van der Waals surface area contributed by atoms with E-state index in [0.717, 1.165) is 12.8 Å². The molecule has 0 heterocycles. The summed E-state index contributed by atoms with van der Waals surface area (Å²) >= 11 is 5.44. The lowest BCUT2D eigenvalue weighted by molar-refractivity contribution is -0.282. The third-order valence-corrected chi connectivity index (χ3v) is 4.27. The highest BCUT2D eigenvalue weighted by atomic mass is 35.5. The van der Waals surface area contributed by atoms with Crippen LogP contribution in [0.2, 0.25) is 0 Å². The first kappa shape index (κ1) is 21.8. The van der Waals surface area contributed by atoms with E-state index in [0.29, 0.717) is 12.8 Å². The van der Waals surface area contributed by atoms with Crippen molar-refractivity contribution in [3.05, 3.63) is 0 Å². The quantitative estimate of drug-likeness (QED) is 0.259. The van der Waals surface area contributed by atoms with Crippen molar-refractivity contribution in [2.24, 2.45) is 0 Å². The van der Waals surface area contributed by atoms with Crippen molar-refractivity contribution in [3.63, 3.8) is 0 Å². The zero-order valence-corrected chi connectivity index (χ0v) is 13.2. The van der Waals surface area contributed by atoms with Crippen LogP contribution in [-0.4, -0.2) is 35.4 Å². The number of halogens is 7. The molecular weight excluding hydrogens is 362 g/mol. The van der Waals surface area contributed by atoms with Crippen molar-refractivity contribution in [2.45, 2.75) is 67.9 Å². The Morgan fingerprint density at radius 3 is 1.95 bits per heavy atom. The van der Waals surface area contributed by atoms with Gasteiger partial charge in [-0.3, -0.25) is 4.55 Å². The van der Waals surface area contributed by atoms with Crippen molar-refractivity contribution in [1.29, 1.82) is 0 Å². The summed E-state index contributed by atoms with van der Waals surface area (Å²) in [5.41, 5.74) is 0. The number of hydrogen-bond donors (Lipinski definition) is 1. The SMILES string of the molecule is CCCCCCC(Cl)CC(F)(F)C(F)(F)C(F)(F)S(=O)(=O)O. The molecule has 0 spiro atoms. The Morgan fingerprint density at radius 1 is 1.05 bits per heavy atom. The van der Waals surface area contributed by atoms with Crippen LogP contribution >= 0.6 is 11.6 Å². The average molecular weight is 379 g/mol. The molecule has 0 amide bonds. The number of hydrogen-bond acceptors (Lipinski definition) is 2. The molecule has 0 aromatic carbocycles. The average Bonchev–Trinajstić information content (AvgIpc) is 2.32. The van der Waals surface area contributed by atoms with Gasteiger partial charge in [0.25, 0.3) is 0 Å². The second-order valence-corrected chi connectivity index (χ2v) is 7.00. The fourth-order valence-electron chi connectivity index (χ4n) is 1.68. The molecule has 22 heavy (non-hydrogen) atoms. The van der Waals surface area contributed by atoms with Gasteiger partial charge >= 0.3 is 27.2 Å². The maximum absolute atomic E-state index is 13.4. The van der Waals surface area contributed by atoms with Crippen LogP contribution in [0.5, 0.6) is 0 Å². The molecule has 0 aliphatic heterocycles. The molecule has 1 N–H and O–H groups in total. The minimum Gasteiger partial charge on any atom is -0.281 e. The zero-order valence-electron chi connectivity index (χ0n) is 11.6. The molecule has 1 unspecified atom stereocenters. The van der Waals surface area contributed by atoms with Crippen LogP contribution in [0.15, 0.2) is 0 Å². The van der Waals surface area contributed by atoms with Gasteiger partial charge in [0.2, 0.25) is 0 Å². The Morgan fingerprint density at radius 2 is 1.55 bits per heavy atom. The van der Waals surface area contributed by atoms with Gasteiger partial charge in [-0.1, -0.05) is 32.6 Å². The first-order valence-electron chi connectivity index (χ1n) is 6.45. The van der Waals surface area contributed by atoms with Gasteiger partial charge in [0.15, 0.2) is 0 Å². The predicted molar refractivity (Wildman–Crippen MR) is 69.4 cm³/mol. The summed E-state index contributed by atoms with van der Waals surface area (Å²) in [4.78, 5) is 0. The summed E-state index contributed by atoms with van der Waals surface area (Å²) in [6.07, 6.45) is 0.628. The molecule has 11 heteroatoms. The lowest BCUT2D eigenvalue weighted by atomic mass is 10.0. The largest absolute Gasteiger partial charge is 0.437 e. The van der Waals surface area contributed by atoms with Crippen LogP contribution in [0.1, 0.15) is 45.4 Å². The van der Waals surface area contributed by atoms with E-state index in [9.17, 15) is 34.8 Å². The number of unbranched alkanes of at least 4 members (excludes halogenated alkanes) is 3. The Bertz CT molecular complexity index is 455. The van der Waals surface area contributed by atoms with E-state index in [1.54, 1.807) is 0 Å². The van der Waals surface area contributed by atoms with Gasteiger partial charge in [0, 0.05) is 11.8 Å². The Balaban J connectivity index is 4.98. The lowest BCUT2D eigenvalue weighted by Crippen LogP contribution is -2.58. The topological polar surface area (TPSA) is 54.4 Å². The Labute approximate surface area is 129 Å². The monoisotopic (exact) mass is 378 g/mol. The first-order chi connectivity index (χ1) is 9.70. The van der Waals surface area contributed by atoms with Crippen molar-refractivity contribution >= 4 is 21.7 Å². The number of alkyl halides is 7. The van der Waals surface area contributed by atoms with Gasteiger partial charge in [-0.25, -0.2) is 0 Å². The summed E-state index contributed by atoms with van der Waals surface area (Å²) in [5, 5.41) is -7.85. The van der Waals surface area contributed by atoms with Gasteiger partial charge < -0.3 is 0 Å². The minimum atomic E-state index is -6.71. The second-order valence-electron chi connectivity index (χ2n) is 4.92. The molecule has 3 nitrogen and oxygen atoms in total. The maximum atomic E-state index is 13.4. The number of rotatable bonds is 10. The molecule has 0 radical (unpaired) electrons. The van der Waals surface area contributed by atoms with Crippen molar-refractivity contribution in [1.82, 2.24) is 0 Å². The standard InChI is InChI=1S/C11H17ClF6O3S/c1-2-3-4-5-6-8(12)7-9(13,14)10(15,16)11(17,18)22(19,20)21/h8H,2-7H2,1H3,(H,19,20,21). The molecule has 0 rings (SSSR count). The fourth-order valence-corrected chi connectivity index (χ4v) is 2.50. The molecule has 0 fully saturated rings. The third-order valence-electron chi connectivity index (χ3n) is 3.00. The van der Waals surface area contributed by atoms with Gasteiger partial charge in [0.05, 0.1) is 0 Å². The highest BCUT2D eigenvalue weighted by molar-refractivity contribution is 7.87. The molecule has 0 aliphatic carbocycles. The summed E-state index contributed by atoms with van der Waals surface area (Å²) in [7, 11) is -6.71. The van der Waals surface area contributed by atoms with Crippen LogP contribution in [0.4, 0.5) is 26.3 Å². The normalized spacial score (nSPS) is 15.9. The van der Waals surface area contributed by atoms with E-state index < -0.39 is 39.0 Å². The van der Waals surface area contributed by atoms with Gasteiger partial charge in [-0.2, -0.15) is 34.8 Å². The minimum absolute atomic E-state index is 0.106. The molecule has 1 atom stereocenters. The first-order valence-corrected chi connectivity index (χ1v) is 8.33. The third kappa shape index (κ3) is 4.89. The summed E-state index contributed by atoms with van der Waals surface area (Å²) in [6.45, 7) is 1.88. The van der Waals surface area contributed by atoms with Gasteiger partial charge in [-0.15, -0.1) is 11.6 Å². The van der Waals surface area contributed by atoms with Crippen molar-refractivity contribution in [3.8, 4) is 0 Å². The molecule has 0 aromatic heterocycles. The summed E-state index contributed by atoms with van der Waals surface area (Å²) < 4.78 is 107. The fraction of sp³-hybridized carbons (Fsp3) is 1.00. The van der Waals surface area contributed by atoms with Gasteiger partial charge in [0.1, 0.15) is 0 Å². The second kappa shape index (κ2) is 7.57. The van der Waals surface area contributed by atoms with Crippen molar-refractivity contribution < 1.29 is 39.3 Å². The van der Waals surface area contributed by atoms with Crippen LogP contribution < -0.4 is 0 Å². The van der Waals surface area contributed by atoms with E-state index in [2.05, 4.69) is 0 Å². The molecule has 0 saturated carbocycles. The highest BCUT2D eigenvalue weighted by Crippen LogP contribution is 2.50. The van der Waals surface area contributed by atoms with Crippen LogP contribution in [0, 0.1) is 0 Å².